The second-order valence-electron chi connectivity index (χ2n) is 3.50. The summed E-state index contributed by atoms with van der Waals surface area (Å²) in [6.45, 7) is 0.889. The lowest BCUT2D eigenvalue weighted by Gasteiger charge is -2.17. The molecule has 0 spiro atoms. The van der Waals surface area contributed by atoms with Gasteiger partial charge in [0, 0.05) is 11.6 Å². The summed E-state index contributed by atoms with van der Waals surface area (Å²) in [6, 6.07) is 7.92. The van der Waals surface area contributed by atoms with Crippen LogP contribution in [0.4, 0.5) is 0 Å². The van der Waals surface area contributed by atoms with Crippen molar-refractivity contribution in [2.75, 3.05) is 6.61 Å². The Kier molecular flexibility index (Phi) is 3.47. The smallest absolute Gasteiger partial charge is 0.0741 e. The maximum atomic E-state index is 5.83. The van der Waals surface area contributed by atoms with Crippen molar-refractivity contribution in [1.82, 2.24) is 0 Å². The molecule has 76 valence electrons. The van der Waals surface area contributed by atoms with E-state index in [-0.39, 0.29) is 0 Å². The Hall–Kier alpha value is -0.0500. The number of alkyl halides is 1. The molecule has 0 N–H and O–H groups in total. The number of hydrogen-bond acceptors (Lipinski definition) is 1. The summed E-state index contributed by atoms with van der Waals surface area (Å²) >= 11 is 9.50. The highest BCUT2D eigenvalue weighted by molar-refractivity contribution is 9.09. The first-order chi connectivity index (χ1) is 6.77. The lowest BCUT2D eigenvalue weighted by Crippen LogP contribution is -2.11. The van der Waals surface area contributed by atoms with Crippen molar-refractivity contribution in [3.05, 3.63) is 34.9 Å². The summed E-state index contributed by atoms with van der Waals surface area (Å²) in [5.41, 5.74) is 1.24. The number of rotatable bonds is 2. The normalized spacial score (nSPS) is 23.7. The van der Waals surface area contributed by atoms with Crippen molar-refractivity contribution in [3.63, 3.8) is 0 Å². The lowest BCUT2D eigenvalue weighted by atomic mass is 10.1. The van der Waals surface area contributed by atoms with E-state index in [1.807, 2.05) is 24.3 Å². The molecule has 2 rings (SSSR count). The molecule has 1 heterocycles. The van der Waals surface area contributed by atoms with E-state index in [0.29, 0.717) is 10.9 Å². The van der Waals surface area contributed by atoms with E-state index in [9.17, 15) is 0 Å². The first-order valence-electron chi connectivity index (χ1n) is 4.78. The molecule has 3 heteroatoms. The SMILES string of the molecule is Clc1ccc(C(Br)C2CCCO2)cc1. The first-order valence-corrected chi connectivity index (χ1v) is 6.08. The van der Waals surface area contributed by atoms with Gasteiger partial charge in [0.1, 0.15) is 0 Å². The standard InChI is InChI=1S/C11H12BrClO/c12-11(10-2-1-7-14-10)8-3-5-9(13)6-4-8/h3-6,10-11H,1-2,7H2. The molecule has 2 unspecified atom stereocenters. The predicted octanol–water partition coefficient (Wildman–Crippen LogP) is 3.96. The van der Waals surface area contributed by atoms with Gasteiger partial charge in [0.2, 0.25) is 0 Å². The molecular formula is C11H12BrClO. The van der Waals surface area contributed by atoms with E-state index in [4.69, 9.17) is 16.3 Å². The second-order valence-corrected chi connectivity index (χ2v) is 4.93. The fourth-order valence-electron chi connectivity index (χ4n) is 1.69. The summed E-state index contributed by atoms with van der Waals surface area (Å²) < 4.78 is 5.62. The van der Waals surface area contributed by atoms with Crippen LogP contribution in [-0.4, -0.2) is 12.7 Å². The van der Waals surface area contributed by atoms with Gasteiger partial charge in [-0.15, -0.1) is 0 Å². The molecule has 0 radical (unpaired) electrons. The van der Waals surface area contributed by atoms with Crippen molar-refractivity contribution < 1.29 is 4.74 Å². The molecule has 2 atom stereocenters. The van der Waals surface area contributed by atoms with E-state index in [1.165, 1.54) is 12.0 Å². The molecular weight excluding hydrogens is 263 g/mol. The average Bonchev–Trinajstić information content (AvgIpc) is 2.71. The van der Waals surface area contributed by atoms with E-state index >= 15 is 0 Å². The van der Waals surface area contributed by atoms with Gasteiger partial charge in [-0.1, -0.05) is 39.7 Å². The Bertz CT molecular complexity index is 293. The van der Waals surface area contributed by atoms with Crippen LogP contribution >= 0.6 is 27.5 Å². The van der Waals surface area contributed by atoms with Crippen molar-refractivity contribution in [2.24, 2.45) is 0 Å². The first kappa shape index (κ1) is 10.5. The maximum absolute atomic E-state index is 5.83. The van der Waals surface area contributed by atoms with E-state index < -0.39 is 0 Å². The quantitative estimate of drug-likeness (QED) is 0.743. The highest BCUT2D eigenvalue weighted by Gasteiger charge is 2.24. The van der Waals surface area contributed by atoms with Crippen LogP contribution < -0.4 is 0 Å². The van der Waals surface area contributed by atoms with Gasteiger partial charge in [-0.2, -0.15) is 0 Å². The fraction of sp³-hybridized carbons (Fsp3) is 0.455. The Morgan fingerprint density at radius 2 is 2.07 bits per heavy atom. The van der Waals surface area contributed by atoms with Crippen molar-refractivity contribution in [3.8, 4) is 0 Å². The monoisotopic (exact) mass is 274 g/mol. The molecule has 1 nitrogen and oxygen atoms in total. The second kappa shape index (κ2) is 4.65. The third-order valence-corrected chi connectivity index (χ3v) is 3.85. The largest absolute Gasteiger partial charge is 0.377 e. The van der Waals surface area contributed by atoms with E-state index in [2.05, 4.69) is 15.9 Å². The third-order valence-electron chi connectivity index (χ3n) is 2.48. The fourth-order valence-corrected chi connectivity index (χ4v) is 2.54. The third kappa shape index (κ3) is 2.30. The molecule has 1 aromatic carbocycles. The topological polar surface area (TPSA) is 9.23 Å². The van der Waals surface area contributed by atoms with Gasteiger partial charge in [0.15, 0.2) is 0 Å². The van der Waals surface area contributed by atoms with Gasteiger partial charge in [0.05, 0.1) is 10.9 Å². The van der Waals surface area contributed by atoms with E-state index in [0.717, 1.165) is 18.1 Å². The summed E-state index contributed by atoms with van der Waals surface area (Å²) in [5.74, 6) is 0. The Balaban J connectivity index is 2.09. The van der Waals surface area contributed by atoms with Crippen LogP contribution in [0.3, 0.4) is 0 Å². The van der Waals surface area contributed by atoms with E-state index in [1.54, 1.807) is 0 Å². The minimum Gasteiger partial charge on any atom is -0.377 e. The molecule has 1 aromatic rings. The van der Waals surface area contributed by atoms with Crippen LogP contribution in [0.15, 0.2) is 24.3 Å². The van der Waals surface area contributed by atoms with Gasteiger partial charge in [0.25, 0.3) is 0 Å². The molecule has 1 saturated heterocycles. The number of halogens is 2. The molecule has 14 heavy (non-hydrogen) atoms. The molecule has 0 aromatic heterocycles. The Morgan fingerprint density at radius 1 is 1.36 bits per heavy atom. The zero-order chi connectivity index (χ0) is 9.97. The van der Waals surface area contributed by atoms with Crippen molar-refractivity contribution in [2.45, 2.75) is 23.8 Å². The van der Waals surface area contributed by atoms with Crippen LogP contribution in [0.2, 0.25) is 5.02 Å². The minimum atomic E-state index is 0.294. The number of ether oxygens (including phenoxy) is 1. The molecule has 1 fully saturated rings. The van der Waals surface area contributed by atoms with Gasteiger partial charge in [-0.05, 0) is 30.5 Å². The van der Waals surface area contributed by atoms with Gasteiger partial charge in [-0.25, -0.2) is 0 Å². The highest BCUT2D eigenvalue weighted by atomic mass is 79.9. The van der Waals surface area contributed by atoms with Crippen LogP contribution in [-0.2, 0) is 4.74 Å². The Morgan fingerprint density at radius 3 is 2.64 bits per heavy atom. The molecule has 0 aliphatic carbocycles. The van der Waals surface area contributed by atoms with Crippen LogP contribution in [0.1, 0.15) is 23.2 Å². The summed E-state index contributed by atoms with van der Waals surface area (Å²) in [4.78, 5) is 0.294. The van der Waals surface area contributed by atoms with Gasteiger partial charge < -0.3 is 4.74 Å². The lowest BCUT2D eigenvalue weighted by molar-refractivity contribution is 0.110. The van der Waals surface area contributed by atoms with Gasteiger partial charge >= 0.3 is 0 Å². The molecule has 0 bridgehead atoms. The molecule has 1 aliphatic rings. The maximum Gasteiger partial charge on any atom is 0.0741 e. The average molecular weight is 276 g/mol. The number of hydrogen-bond donors (Lipinski definition) is 0. The van der Waals surface area contributed by atoms with Crippen molar-refractivity contribution in [1.29, 1.82) is 0 Å². The van der Waals surface area contributed by atoms with Gasteiger partial charge in [-0.3, -0.25) is 0 Å². The number of benzene rings is 1. The van der Waals surface area contributed by atoms with Crippen molar-refractivity contribution >= 4 is 27.5 Å². The zero-order valence-corrected chi connectivity index (χ0v) is 10.1. The summed E-state index contributed by atoms with van der Waals surface area (Å²) in [6.07, 6.45) is 2.62. The molecule has 0 amide bonds. The van der Waals surface area contributed by atoms with Crippen LogP contribution in [0.5, 0.6) is 0 Å². The Labute approximate surface area is 97.5 Å². The summed E-state index contributed by atoms with van der Waals surface area (Å²) in [5, 5.41) is 0.779. The van der Waals surface area contributed by atoms with Crippen LogP contribution in [0.25, 0.3) is 0 Å². The molecule has 0 saturated carbocycles. The minimum absolute atomic E-state index is 0.294. The highest BCUT2D eigenvalue weighted by Crippen LogP contribution is 2.34. The van der Waals surface area contributed by atoms with Crippen LogP contribution in [0, 0.1) is 0 Å². The summed E-state index contributed by atoms with van der Waals surface area (Å²) in [7, 11) is 0. The zero-order valence-electron chi connectivity index (χ0n) is 7.75. The predicted molar refractivity (Wildman–Crippen MR) is 62.1 cm³/mol. The molecule has 1 aliphatic heterocycles.